The van der Waals surface area contributed by atoms with E-state index in [2.05, 4.69) is 102 Å². The van der Waals surface area contributed by atoms with E-state index >= 15 is 0 Å². The van der Waals surface area contributed by atoms with E-state index in [0.29, 0.717) is 41.2 Å². The van der Waals surface area contributed by atoms with Crippen molar-refractivity contribution in [3.8, 4) is 5.75 Å². The lowest BCUT2D eigenvalue weighted by atomic mass is 10.1. The van der Waals surface area contributed by atoms with E-state index in [1.54, 1.807) is 10.9 Å². The van der Waals surface area contributed by atoms with Crippen molar-refractivity contribution in [2.75, 3.05) is 31.5 Å². The Bertz CT molecular complexity index is 1910. The number of pyridine rings is 1. The van der Waals surface area contributed by atoms with Crippen LogP contribution in [0.3, 0.4) is 0 Å². The SMILES string of the molecule is CCCC(CCO[Si](c1ccccc1)(c1ccccc1)C(C)(C)C)Nc1nc(NC(=O)OC)nc2cnn(Cc3cc(C(=O)O)ncc3OC)c12. The van der Waals surface area contributed by atoms with Crippen LogP contribution in [0.4, 0.5) is 16.6 Å². The summed E-state index contributed by atoms with van der Waals surface area (Å²) >= 11 is 0. The molecule has 0 aliphatic rings. The van der Waals surface area contributed by atoms with Crippen LogP contribution in [-0.2, 0) is 15.7 Å². The number of hydrogen-bond acceptors (Lipinski definition) is 10. The lowest BCUT2D eigenvalue weighted by molar-refractivity contribution is 0.0690. The number of carbonyl (C=O) groups excluding carboxylic acids is 1. The number of aromatic nitrogens is 5. The number of carboxylic acid groups (broad SMARTS) is 1. The van der Waals surface area contributed by atoms with Crippen LogP contribution in [0.25, 0.3) is 11.0 Å². The fourth-order valence-corrected chi connectivity index (χ4v) is 11.0. The van der Waals surface area contributed by atoms with Crippen molar-refractivity contribution in [2.45, 2.75) is 64.6 Å². The molecule has 5 rings (SSSR count). The zero-order valence-corrected chi connectivity index (χ0v) is 30.8. The second kappa shape index (κ2) is 16.1. The summed E-state index contributed by atoms with van der Waals surface area (Å²) in [6.45, 7) is 9.52. The number of anilines is 2. The molecule has 268 valence electrons. The van der Waals surface area contributed by atoms with Gasteiger partial charge in [0.05, 0.1) is 33.2 Å². The normalized spacial score (nSPS) is 12.4. The topological polar surface area (TPSA) is 163 Å². The van der Waals surface area contributed by atoms with E-state index in [1.807, 2.05) is 12.1 Å². The minimum Gasteiger partial charge on any atom is -0.495 e. The summed E-state index contributed by atoms with van der Waals surface area (Å²) in [6, 6.07) is 22.5. The lowest BCUT2D eigenvalue weighted by Gasteiger charge is -2.43. The van der Waals surface area contributed by atoms with Crippen molar-refractivity contribution in [1.82, 2.24) is 24.7 Å². The molecule has 0 fully saturated rings. The molecule has 0 radical (unpaired) electrons. The molecule has 2 aromatic carbocycles. The van der Waals surface area contributed by atoms with Gasteiger partial charge in [0, 0.05) is 18.2 Å². The van der Waals surface area contributed by atoms with Gasteiger partial charge in [0.25, 0.3) is 8.32 Å². The van der Waals surface area contributed by atoms with Crippen LogP contribution in [0, 0.1) is 0 Å². The Morgan fingerprint density at radius 2 is 1.63 bits per heavy atom. The number of nitrogens with zero attached hydrogens (tertiary/aromatic N) is 5. The first-order valence-corrected chi connectivity index (χ1v) is 18.8. The van der Waals surface area contributed by atoms with Gasteiger partial charge in [-0.1, -0.05) is 94.8 Å². The molecule has 14 heteroatoms. The van der Waals surface area contributed by atoms with Crippen LogP contribution < -0.4 is 25.7 Å². The molecule has 0 aliphatic heterocycles. The van der Waals surface area contributed by atoms with Gasteiger partial charge in [-0.25, -0.2) is 19.6 Å². The van der Waals surface area contributed by atoms with Crippen LogP contribution in [0.15, 0.2) is 79.1 Å². The van der Waals surface area contributed by atoms with Gasteiger partial charge in [-0.15, -0.1) is 0 Å². The Morgan fingerprint density at radius 3 is 2.20 bits per heavy atom. The Labute approximate surface area is 298 Å². The number of hydrogen-bond donors (Lipinski definition) is 3. The first-order chi connectivity index (χ1) is 24.5. The average molecular weight is 712 g/mol. The second-order valence-corrected chi connectivity index (χ2v) is 17.5. The summed E-state index contributed by atoms with van der Waals surface area (Å²) in [5.74, 6) is -0.257. The smallest absolute Gasteiger partial charge is 0.413 e. The van der Waals surface area contributed by atoms with Gasteiger partial charge in [-0.2, -0.15) is 10.1 Å². The number of carboxylic acids is 1. The molecule has 0 saturated heterocycles. The van der Waals surface area contributed by atoms with E-state index in [0.717, 1.165) is 12.8 Å². The monoisotopic (exact) mass is 711 g/mol. The molecule has 3 aromatic heterocycles. The molecule has 3 N–H and O–H groups in total. The molecule has 13 nitrogen and oxygen atoms in total. The maximum Gasteiger partial charge on any atom is 0.413 e. The number of amides is 1. The summed E-state index contributed by atoms with van der Waals surface area (Å²) in [6.07, 6.45) is 4.60. The number of carbonyl (C=O) groups is 2. The van der Waals surface area contributed by atoms with Crippen molar-refractivity contribution in [2.24, 2.45) is 0 Å². The molecule has 0 saturated carbocycles. The van der Waals surface area contributed by atoms with Gasteiger partial charge in [0.15, 0.2) is 5.82 Å². The van der Waals surface area contributed by atoms with Gasteiger partial charge in [0.1, 0.15) is 22.5 Å². The summed E-state index contributed by atoms with van der Waals surface area (Å²) in [4.78, 5) is 37.1. The predicted molar refractivity (Wildman–Crippen MR) is 199 cm³/mol. The van der Waals surface area contributed by atoms with Crippen molar-refractivity contribution < 1.29 is 28.6 Å². The summed E-state index contributed by atoms with van der Waals surface area (Å²) < 4.78 is 19.2. The standard InChI is InChI=1S/C37H45N7O6Si/c1-7-14-26(19-20-50-51(37(2,3)4,27-15-10-8-11-16-27)28-17-12-9-13-18-28)40-33-32-30(41-35(42-33)43-36(47)49-6)22-39-44(32)24-25-21-29(34(45)46)38-23-31(25)48-5/h8-13,15-18,21-23,26H,7,14,19-20,24H2,1-6H3,(H,45,46)(H2,40,41,42,43,47). The Balaban J connectivity index is 1.50. The molecule has 3 heterocycles. The molecular weight excluding hydrogens is 667 g/mol. The summed E-state index contributed by atoms with van der Waals surface area (Å²) in [7, 11) is 0.00138. The lowest BCUT2D eigenvalue weighted by Crippen LogP contribution is -2.66. The minimum atomic E-state index is -2.76. The number of ether oxygens (including phenoxy) is 2. The number of fused-ring (bicyclic) bond motifs is 1. The van der Waals surface area contributed by atoms with Gasteiger partial charge in [-0.05, 0) is 34.3 Å². The van der Waals surface area contributed by atoms with Crippen LogP contribution in [0.1, 0.15) is 63.0 Å². The third-order valence-corrected chi connectivity index (χ3v) is 13.8. The zero-order chi connectivity index (χ0) is 36.6. The van der Waals surface area contributed by atoms with E-state index in [9.17, 15) is 14.7 Å². The van der Waals surface area contributed by atoms with Crippen molar-refractivity contribution in [1.29, 1.82) is 0 Å². The van der Waals surface area contributed by atoms with Gasteiger partial charge in [-0.3, -0.25) is 10.00 Å². The van der Waals surface area contributed by atoms with Gasteiger partial charge in [0.2, 0.25) is 5.95 Å². The minimum absolute atomic E-state index is 0.0462. The van der Waals surface area contributed by atoms with Crippen molar-refractivity contribution in [3.05, 3.63) is 90.4 Å². The quantitative estimate of drug-likeness (QED) is 0.114. The van der Waals surface area contributed by atoms with Gasteiger partial charge >= 0.3 is 12.1 Å². The highest BCUT2D eigenvalue weighted by Crippen LogP contribution is 2.37. The third-order valence-electron chi connectivity index (χ3n) is 8.77. The molecule has 1 unspecified atom stereocenters. The molecule has 1 atom stereocenters. The average Bonchev–Trinajstić information content (AvgIpc) is 3.52. The Morgan fingerprint density at radius 1 is 0.961 bits per heavy atom. The van der Waals surface area contributed by atoms with E-state index < -0.39 is 20.4 Å². The molecule has 51 heavy (non-hydrogen) atoms. The highest BCUT2D eigenvalue weighted by atomic mass is 28.4. The van der Waals surface area contributed by atoms with Crippen LogP contribution in [0.2, 0.25) is 5.04 Å². The molecule has 0 bridgehead atoms. The maximum absolute atomic E-state index is 12.2. The zero-order valence-electron chi connectivity index (χ0n) is 29.8. The number of methoxy groups -OCH3 is 2. The van der Waals surface area contributed by atoms with Crippen LogP contribution >= 0.6 is 0 Å². The number of benzene rings is 2. The van der Waals surface area contributed by atoms with Crippen LogP contribution in [-0.4, -0.2) is 77.1 Å². The number of rotatable bonds is 15. The van der Waals surface area contributed by atoms with Crippen molar-refractivity contribution in [3.63, 3.8) is 0 Å². The largest absolute Gasteiger partial charge is 0.495 e. The highest BCUT2D eigenvalue weighted by Gasteiger charge is 2.50. The van der Waals surface area contributed by atoms with E-state index in [1.165, 1.54) is 36.9 Å². The van der Waals surface area contributed by atoms with Gasteiger partial charge < -0.3 is 24.3 Å². The predicted octanol–water partition coefficient (Wildman–Crippen LogP) is 5.70. The molecular formula is C37H45N7O6Si. The number of aromatic carboxylic acids is 1. The number of nitrogens with one attached hydrogen (secondary N) is 2. The second-order valence-electron chi connectivity index (χ2n) is 13.2. The van der Waals surface area contributed by atoms with E-state index in [4.69, 9.17) is 18.9 Å². The van der Waals surface area contributed by atoms with Crippen LogP contribution in [0.5, 0.6) is 5.75 Å². The fourth-order valence-electron chi connectivity index (χ4n) is 6.43. The van der Waals surface area contributed by atoms with Crippen molar-refractivity contribution >= 4 is 53.6 Å². The first-order valence-electron chi connectivity index (χ1n) is 16.9. The fraction of sp³-hybridized carbons (Fsp3) is 0.351. The highest BCUT2D eigenvalue weighted by molar-refractivity contribution is 6.99. The maximum atomic E-state index is 12.2. The first kappa shape index (κ1) is 36.9. The molecule has 5 aromatic rings. The third kappa shape index (κ3) is 8.18. The molecule has 1 amide bonds. The Hall–Kier alpha value is -5.34. The summed E-state index contributed by atoms with van der Waals surface area (Å²) in [5.41, 5.74) is 1.46. The molecule has 0 spiro atoms. The molecule has 0 aliphatic carbocycles. The summed E-state index contributed by atoms with van der Waals surface area (Å²) in [5, 5.41) is 22.6. The van der Waals surface area contributed by atoms with E-state index in [-0.39, 0.29) is 29.3 Å². The Kier molecular flexibility index (Phi) is 11.7.